The molecule has 0 saturated carbocycles. The molecule has 1 N–H and O–H groups in total. The zero-order valence-corrected chi connectivity index (χ0v) is 24.2. The number of rotatable bonds is 6. The largest absolute Gasteiger partial charge is 0.369 e. The topological polar surface area (TPSA) is 96.5 Å². The first-order valence-electron chi connectivity index (χ1n) is 15.0. The van der Waals surface area contributed by atoms with Gasteiger partial charge in [0, 0.05) is 57.1 Å². The molecule has 0 aliphatic carbocycles. The SMILES string of the molecule is CC(C)CC(NC(=O)c1ccc(N2CCN(C)CC2)cc1)C(=O)N1CCC2C1C(=O)CN2C(=O)N1CCCCC1. The van der Waals surface area contributed by atoms with Crippen molar-refractivity contribution in [2.45, 2.75) is 64.1 Å². The van der Waals surface area contributed by atoms with E-state index in [1.807, 2.05) is 43.0 Å². The van der Waals surface area contributed by atoms with E-state index in [9.17, 15) is 19.2 Å². The van der Waals surface area contributed by atoms with E-state index in [0.29, 0.717) is 24.9 Å². The molecule has 0 bridgehead atoms. The van der Waals surface area contributed by atoms with Crippen molar-refractivity contribution < 1.29 is 19.2 Å². The van der Waals surface area contributed by atoms with E-state index in [1.54, 1.807) is 9.80 Å². The summed E-state index contributed by atoms with van der Waals surface area (Å²) in [6, 6.07) is 5.84. The number of amides is 4. The summed E-state index contributed by atoms with van der Waals surface area (Å²) >= 11 is 0. The molecule has 1 aromatic carbocycles. The molecule has 4 aliphatic heterocycles. The van der Waals surface area contributed by atoms with Crippen molar-refractivity contribution in [3.05, 3.63) is 29.8 Å². The number of piperidine rings is 1. The lowest BCUT2D eigenvalue weighted by Crippen LogP contribution is -2.53. The highest BCUT2D eigenvalue weighted by Crippen LogP contribution is 2.32. The van der Waals surface area contributed by atoms with Gasteiger partial charge in [0.25, 0.3) is 5.91 Å². The van der Waals surface area contributed by atoms with E-state index in [1.165, 1.54) is 0 Å². The maximum Gasteiger partial charge on any atom is 0.320 e. The number of anilines is 1. The number of piperazine rings is 1. The zero-order chi connectivity index (χ0) is 28.4. The van der Waals surface area contributed by atoms with Crippen LogP contribution in [0, 0.1) is 5.92 Å². The molecule has 0 aromatic heterocycles. The Morgan fingerprint density at radius 3 is 2.23 bits per heavy atom. The molecule has 1 aromatic rings. The maximum absolute atomic E-state index is 13.8. The molecule has 40 heavy (non-hydrogen) atoms. The number of carbonyl (C=O) groups is 4. The van der Waals surface area contributed by atoms with Gasteiger partial charge in [-0.25, -0.2) is 4.79 Å². The fraction of sp³-hybridized carbons (Fsp3) is 0.667. The number of nitrogens with zero attached hydrogens (tertiary/aromatic N) is 5. The van der Waals surface area contributed by atoms with Crippen molar-refractivity contribution in [1.82, 2.24) is 24.9 Å². The Morgan fingerprint density at radius 2 is 1.57 bits per heavy atom. The summed E-state index contributed by atoms with van der Waals surface area (Å²) in [5, 5.41) is 2.98. The van der Waals surface area contributed by atoms with Crippen LogP contribution >= 0.6 is 0 Å². The van der Waals surface area contributed by atoms with Crippen LogP contribution in [0.25, 0.3) is 0 Å². The van der Waals surface area contributed by atoms with Crippen LogP contribution in [-0.2, 0) is 9.59 Å². The molecule has 218 valence electrons. The van der Waals surface area contributed by atoms with Gasteiger partial charge >= 0.3 is 6.03 Å². The van der Waals surface area contributed by atoms with E-state index < -0.39 is 12.1 Å². The summed E-state index contributed by atoms with van der Waals surface area (Å²) < 4.78 is 0. The highest BCUT2D eigenvalue weighted by Gasteiger charge is 2.53. The minimum absolute atomic E-state index is 0.0509. The summed E-state index contributed by atoms with van der Waals surface area (Å²) in [6.45, 7) is 9.86. The number of hydrogen-bond acceptors (Lipinski definition) is 6. The second kappa shape index (κ2) is 12.2. The predicted molar refractivity (Wildman–Crippen MR) is 153 cm³/mol. The number of nitrogens with one attached hydrogen (secondary N) is 1. The average molecular weight is 553 g/mol. The Labute approximate surface area is 237 Å². The van der Waals surface area contributed by atoms with E-state index in [0.717, 1.165) is 64.2 Å². The molecule has 4 aliphatic rings. The van der Waals surface area contributed by atoms with Gasteiger partial charge < -0.3 is 29.8 Å². The van der Waals surface area contributed by atoms with Gasteiger partial charge in [0.15, 0.2) is 5.78 Å². The Hall–Kier alpha value is -3.14. The first kappa shape index (κ1) is 28.4. The van der Waals surface area contributed by atoms with Crippen LogP contribution in [-0.4, -0.2) is 121 Å². The number of carbonyl (C=O) groups excluding carboxylic acids is 4. The third-order valence-electron chi connectivity index (χ3n) is 8.89. The second-order valence-electron chi connectivity index (χ2n) is 12.2. The van der Waals surface area contributed by atoms with Crippen molar-refractivity contribution in [3.63, 3.8) is 0 Å². The summed E-state index contributed by atoms with van der Waals surface area (Å²) in [4.78, 5) is 63.2. The first-order chi connectivity index (χ1) is 19.2. The van der Waals surface area contributed by atoms with Crippen molar-refractivity contribution >= 4 is 29.3 Å². The van der Waals surface area contributed by atoms with Crippen molar-refractivity contribution in [2.24, 2.45) is 5.92 Å². The second-order valence-corrected chi connectivity index (χ2v) is 12.2. The molecular weight excluding hydrogens is 508 g/mol. The fourth-order valence-electron chi connectivity index (χ4n) is 6.62. The van der Waals surface area contributed by atoms with Gasteiger partial charge in [-0.15, -0.1) is 0 Å². The van der Waals surface area contributed by atoms with Crippen molar-refractivity contribution in [3.8, 4) is 0 Å². The average Bonchev–Trinajstić information content (AvgIpc) is 3.54. The fourth-order valence-corrected chi connectivity index (χ4v) is 6.62. The van der Waals surface area contributed by atoms with Gasteiger partial charge in [-0.2, -0.15) is 0 Å². The number of hydrogen-bond donors (Lipinski definition) is 1. The smallest absolute Gasteiger partial charge is 0.320 e. The quantitative estimate of drug-likeness (QED) is 0.580. The Morgan fingerprint density at radius 1 is 0.900 bits per heavy atom. The zero-order valence-electron chi connectivity index (χ0n) is 24.2. The van der Waals surface area contributed by atoms with Crippen LogP contribution in [0.15, 0.2) is 24.3 Å². The number of likely N-dealkylation sites (N-methyl/N-ethyl adjacent to an activating group) is 1. The lowest BCUT2D eigenvalue weighted by Gasteiger charge is -2.34. The molecule has 0 radical (unpaired) electrons. The summed E-state index contributed by atoms with van der Waals surface area (Å²) in [7, 11) is 2.12. The van der Waals surface area contributed by atoms with Gasteiger partial charge in [0.05, 0.1) is 12.6 Å². The van der Waals surface area contributed by atoms with E-state index >= 15 is 0 Å². The van der Waals surface area contributed by atoms with Gasteiger partial charge in [0.1, 0.15) is 12.1 Å². The molecular formula is C30H44N6O4. The molecule has 4 amide bonds. The van der Waals surface area contributed by atoms with Crippen LogP contribution in [0.1, 0.15) is 56.3 Å². The monoisotopic (exact) mass is 552 g/mol. The number of fused-ring (bicyclic) bond motifs is 1. The molecule has 3 atom stereocenters. The van der Waals surface area contributed by atoms with Gasteiger partial charge in [0.2, 0.25) is 5.91 Å². The molecule has 10 nitrogen and oxygen atoms in total. The normalized spacial score (nSPS) is 24.4. The molecule has 4 saturated heterocycles. The number of benzene rings is 1. The van der Waals surface area contributed by atoms with E-state index in [-0.39, 0.29) is 42.1 Å². The highest BCUT2D eigenvalue weighted by molar-refractivity contribution is 6.00. The number of Topliss-reactive ketones (excluding diaryl/α,β-unsaturated/α-hetero) is 1. The standard InChI is InChI=1S/C30H44N6O4/c1-21(2)19-24(31-28(38)22-7-9-23(10-8-22)33-17-15-32(3)16-18-33)29(39)35-14-11-25-27(35)26(37)20-36(25)30(40)34-12-5-4-6-13-34/h7-10,21,24-25,27H,4-6,11-20H2,1-3H3,(H,31,38). The number of ketones is 1. The minimum atomic E-state index is -0.733. The van der Waals surface area contributed by atoms with Crippen LogP contribution in [0.5, 0.6) is 0 Å². The Balaban J connectivity index is 1.25. The lowest BCUT2D eigenvalue weighted by atomic mass is 10.0. The maximum atomic E-state index is 13.8. The third-order valence-corrected chi connectivity index (χ3v) is 8.89. The van der Waals surface area contributed by atoms with Crippen LogP contribution < -0.4 is 10.2 Å². The van der Waals surface area contributed by atoms with Gasteiger partial charge in [-0.3, -0.25) is 14.4 Å². The highest BCUT2D eigenvalue weighted by atomic mass is 16.2. The predicted octanol–water partition coefficient (Wildman–Crippen LogP) is 2.04. The van der Waals surface area contributed by atoms with Crippen molar-refractivity contribution in [2.75, 3.05) is 64.3 Å². The first-order valence-corrected chi connectivity index (χ1v) is 15.0. The number of urea groups is 1. The summed E-state index contributed by atoms with van der Waals surface area (Å²) in [6.07, 6.45) is 4.16. The lowest BCUT2D eigenvalue weighted by molar-refractivity contribution is -0.138. The summed E-state index contributed by atoms with van der Waals surface area (Å²) in [5.74, 6) is -0.442. The van der Waals surface area contributed by atoms with Crippen molar-refractivity contribution in [1.29, 1.82) is 0 Å². The van der Waals surface area contributed by atoms with Gasteiger partial charge in [-0.05, 0) is 69.3 Å². The third kappa shape index (κ3) is 5.96. The number of likely N-dealkylation sites (tertiary alicyclic amines) is 3. The molecule has 0 spiro atoms. The molecule has 10 heteroatoms. The van der Waals surface area contributed by atoms with Crippen LogP contribution in [0.2, 0.25) is 0 Å². The minimum Gasteiger partial charge on any atom is -0.369 e. The molecule has 4 fully saturated rings. The molecule has 5 rings (SSSR count). The van der Waals surface area contributed by atoms with E-state index in [2.05, 4.69) is 22.2 Å². The molecule has 4 heterocycles. The van der Waals surface area contributed by atoms with E-state index in [4.69, 9.17) is 0 Å². The van der Waals surface area contributed by atoms with Crippen LogP contribution in [0.3, 0.4) is 0 Å². The van der Waals surface area contributed by atoms with Crippen LogP contribution in [0.4, 0.5) is 10.5 Å². The summed E-state index contributed by atoms with van der Waals surface area (Å²) in [5.41, 5.74) is 1.60. The molecule has 3 unspecified atom stereocenters. The Bertz CT molecular complexity index is 1090. The van der Waals surface area contributed by atoms with Gasteiger partial charge in [-0.1, -0.05) is 13.8 Å². The Kier molecular flexibility index (Phi) is 8.63.